The van der Waals surface area contributed by atoms with Gasteiger partial charge >= 0.3 is 0 Å². The Morgan fingerprint density at radius 1 is 1.04 bits per heavy atom. The summed E-state index contributed by atoms with van der Waals surface area (Å²) in [4.78, 5) is 12.0. The van der Waals surface area contributed by atoms with Crippen molar-refractivity contribution in [3.63, 3.8) is 0 Å². The van der Waals surface area contributed by atoms with Crippen molar-refractivity contribution in [2.75, 3.05) is 0 Å². The zero-order chi connectivity index (χ0) is 18.6. The number of amides is 1. The van der Waals surface area contributed by atoms with Crippen molar-refractivity contribution in [3.05, 3.63) is 59.7 Å². The van der Waals surface area contributed by atoms with E-state index in [4.69, 9.17) is 15.2 Å². The molecule has 2 N–H and O–H groups in total. The van der Waals surface area contributed by atoms with Crippen LogP contribution in [-0.2, 0) is 11.2 Å². The number of primary amides is 1. The van der Waals surface area contributed by atoms with Gasteiger partial charge in [0.05, 0.1) is 0 Å². The number of fused-ring (bicyclic) bond motifs is 1. The van der Waals surface area contributed by atoms with Gasteiger partial charge in [-0.2, -0.15) is 0 Å². The lowest BCUT2D eigenvalue weighted by Gasteiger charge is -2.30. The molecule has 1 aliphatic carbocycles. The predicted octanol–water partition coefficient (Wildman–Crippen LogP) is 4.57. The summed E-state index contributed by atoms with van der Waals surface area (Å²) in [5.74, 6) is 1.48. The summed E-state index contributed by atoms with van der Waals surface area (Å²) < 4.78 is 12.3. The first kappa shape index (κ1) is 17.9. The normalized spacial score (nSPS) is 21.0. The van der Waals surface area contributed by atoms with Gasteiger partial charge in [0.15, 0.2) is 6.10 Å². The van der Waals surface area contributed by atoms with Crippen LogP contribution in [0.5, 0.6) is 11.5 Å². The third-order valence-electron chi connectivity index (χ3n) is 5.77. The predicted molar refractivity (Wildman–Crippen MR) is 105 cm³/mol. The molecule has 1 saturated carbocycles. The molecule has 1 heterocycles. The molecule has 0 saturated heterocycles. The quantitative estimate of drug-likeness (QED) is 0.844. The van der Waals surface area contributed by atoms with Gasteiger partial charge in [-0.3, -0.25) is 4.79 Å². The lowest BCUT2D eigenvalue weighted by molar-refractivity contribution is -0.127. The summed E-state index contributed by atoms with van der Waals surface area (Å²) in [6.07, 6.45) is 6.98. The molecule has 4 nitrogen and oxygen atoms in total. The minimum absolute atomic E-state index is 0.0890. The Bertz CT molecular complexity index is 783. The van der Waals surface area contributed by atoms with Gasteiger partial charge in [-0.25, -0.2) is 0 Å². The fourth-order valence-corrected chi connectivity index (χ4v) is 4.31. The van der Waals surface area contributed by atoms with Crippen LogP contribution in [0.1, 0.15) is 55.8 Å². The zero-order valence-electron chi connectivity index (χ0n) is 15.6. The first-order valence-electron chi connectivity index (χ1n) is 10.0. The highest BCUT2D eigenvalue weighted by atomic mass is 16.5. The smallest absolute Gasteiger partial charge is 0.258 e. The Morgan fingerprint density at radius 2 is 1.81 bits per heavy atom. The van der Waals surface area contributed by atoms with Crippen molar-refractivity contribution in [1.29, 1.82) is 0 Å². The molecule has 2 aromatic rings. The van der Waals surface area contributed by atoms with Crippen molar-refractivity contribution in [1.82, 2.24) is 0 Å². The number of hydrogen-bond donors (Lipinski definition) is 1. The molecule has 2 atom stereocenters. The maximum absolute atomic E-state index is 12.0. The number of carbonyl (C=O) groups excluding carboxylic acids is 1. The fraction of sp³-hybridized carbons (Fsp3) is 0.435. The SMILES string of the molecule is NC(=O)C(Oc1ccc2c(c1)CCC(c1ccccc1)O2)C1CCCCC1. The number of benzene rings is 2. The molecule has 4 heteroatoms. The van der Waals surface area contributed by atoms with Gasteiger partial charge in [0.1, 0.15) is 17.6 Å². The molecular formula is C23H27NO3. The number of ether oxygens (including phenoxy) is 2. The van der Waals surface area contributed by atoms with Crippen LogP contribution < -0.4 is 15.2 Å². The minimum Gasteiger partial charge on any atom is -0.485 e. The van der Waals surface area contributed by atoms with E-state index in [0.29, 0.717) is 5.75 Å². The van der Waals surface area contributed by atoms with Crippen LogP contribution in [0.3, 0.4) is 0 Å². The van der Waals surface area contributed by atoms with Crippen molar-refractivity contribution in [3.8, 4) is 11.5 Å². The highest BCUT2D eigenvalue weighted by Gasteiger charge is 2.30. The highest BCUT2D eigenvalue weighted by Crippen LogP contribution is 2.37. The summed E-state index contributed by atoms with van der Waals surface area (Å²) in [5.41, 5.74) is 7.98. The maximum Gasteiger partial charge on any atom is 0.258 e. The number of carbonyl (C=O) groups is 1. The van der Waals surface area contributed by atoms with Crippen LogP contribution >= 0.6 is 0 Å². The summed E-state index contributed by atoms with van der Waals surface area (Å²) in [5, 5.41) is 0. The minimum atomic E-state index is -0.537. The second-order valence-corrected chi connectivity index (χ2v) is 7.66. The van der Waals surface area contributed by atoms with E-state index in [9.17, 15) is 4.79 Å². The average Bonchev–Trinajstić information content (AvgIpc) is 2.72. The largest absolute Gasteiger partial charge is 0.485 e. The molecular weight excluding hydrogens is 338 g/mol. The standard InChI is InChI=1S/C23H27NO3/c24-23(25)22(17-9-5-2-6-10-17)26-19-12-14-21-18(15-19)11-13-20(27-21)16-7-3-1-4-8-16/h1,3-4,7-8,12,14-15,17,20,22H,2,5-6,9-11,13H2,(H2,24,25). The molecule has 1 amide bonds. The first-order chi connectivity index (χ1) is 13.2. The lowest BCUT2D eigenvalue weighted by atomic mass is 9.85. The summed E-state index contributed by atoms with van der Waals surface area (Å²) in [6, 6.07) is 16.2. The second kappa shape index (κ2) is 8.03. The van der Waals surface area contributed by atoms with Crippen LogP contribution in [0, 0.1) is 5.92 Å². The van der Waals surface area contributed by atoms with Crippen LogP contribution in [0.2, 0.25) is 0 Å². The molecule has 27 heavy (non-hydrogen) atoms. The Morgan fingerprint density at radius 3 is 2.56 bits per heavy atom. The molecule has 0 aromatic heterocycles. The van der Waals surface area contributed by atoms with E-state index in [1.807, 2.05) is 36.4 Å². The van der Waals surface area contributed by atoms with Crippen molar-refractivity contribution < 1.29 is 14.3 Å². The fourth-order valence-electron chi connectivity index (χ4n) is 4.31. The second-order valence-electron chi connectivity index (χ2n) is 7.66. The van der Waals surface area contributed by atoms with Crippen LogP contribution in [0.25, 0.3) is 0 Å². The van der Waals surface area contributed by atoms with Gasteiger partial charge in [0.25, 0.3) is 5.91 Å². The lowest BCUT2D eigenvalue weighted by Crippen LogP contribution is -2.41. The Balaban J connectivity index is 1.47. The molecule has 2 aromatic carbocycles. The van der Waals surface area contributed by atoms with Gasteiger partial charge in [-0.05, 0) is 55.0 Å². The summed E-state index contributed by atoms with van der Waals surface area (Å²) in [6.45, 7) is 0. The molecule has 1 aliphatic heterocycles. The van der Waals surface area contributed by atoms with Crippen molar-refractivity contribution in [2.45, 2.75) is 57.2 Å². The van der Waals surface area contributed by atoms with Crippen molar-refractivity contribution >= 4 is 5.91 Å². The van der Waals surface area contributed by atoms with Gasteiger partial charge in [-0.15, -0.1) is 0 Å². The van der Waals surface area contributed by atoms with E-state index < -0.39 is 6.10 Å². The number of nitrogens with two attached hydrogens (primary N) is 1. The third-order valence-corrected chi connectivity index (χ3v) is 5.77. The number of rotatable bonds is 5. The molecule has 2 unspecified atom stereocenters. The van der Waals surface area contributed by atoms with E-state index in [1.165, 1.54) is 12.0 Å². The van der Waals surface area contributed by atoms with E-state index >= 15 is 0 Å². The van der Waals surface area contributed by atoms with Gasteiger partial charge in [0.2, 0.25) is 0 Å². The van der Waals surface area contributed by atoms with Crippen molar-refractivity contribution in [2.24, 2.45) is 11.7 Å². The molecule has 1 fully saturated rings. The van der Waals surface area contributed by atoms with E-state index in [-0.39, 0.29) is 17.9 Å². The Hall–Kier alpha value is -2.49. The molecule has 4 rings (SSSR count). The molecule has 142 valence electrons. The van der Waals surface area contributed by atoms with E-state index in [0.717, 1.165) is 49.8 Å². The molecule has 2 aliphatic rings. The van der Waals surface area contributed by atoms with Gasteiger partial charge in [0, 0.05) is 5.92 Å². The zero-order valence-corrected chi connectivity index (χ0v) is 15.6. The molecule has 0 radical (unpaired) electrons. The first-order valence-corrected chi connectivity index (χ1v) is 10.0. The average molecular weight is 365 g/mol. The number of hydrogen-bond acceptors (Lipinski definition) is 3. The summed E-state index contributed by atoms with van der Waals surface area (Å²) >= 11 is 0. The molecule has 0 bridgehead atoms. The van der Waals surface area contributed by atoms with Crippen LogP contribution in [0.4, 0.5) is 0 Å². The van der Waals surface area contributed by atoms with Crippen LogP contribution in [-0.4, -0.2) is 12.0 Å². The molecule has 0 spiro atoms. The monoisotopic (exact) mass is 365 g/mol. The topological polar surface area (TPSA) is 61.6 Å². The Kier molecular flexibility index (Phi) is 5.33. The van der Waals surface area contributed by atoms with Crippen LogP contribution in [0.15, 0.2) is 48.5 Å². The van der Waals surface area contributed by atoms with Gasteiger partial charge in [-0.1, -0.05) is 49.6 Å². The summed E-state index contributed by atoms with van der Waals surface area (Å²) in [7, 11) is 0. The third kappa shape index (κ3) is 4.10. The number of aryl methyl sites for hydroxylation is 1. The highest BCUT2D eigenvalue weighted by molar-refractivity contribution is 5.79. The van der Waals surface area contributed by atoms with E-state index in [2.05, 4.69) is 12.1 Å². The Labute approximate surface area is 160 Å². The van der Waals surface area contributed by atoms with E-state index in [1.54, 1.807) is 0 Å². The van der Waals surface area contributed by atoms with Gasteiger partial charge < -0.3 is 15.2 Å². The maximum atomic E-state index is 12.0.